The van der Waals surface area contributed by atoms with E-state index < -0.39 is 0 Å². The van der Waals surface area contributed by atoms with Gasteiger partial charge in [-0.3, -0.25) is 0 Å². The summed E-state index contributed by atoms with van der Waals surface area (Å²) in [6.07, 6.45) is 1.40. The topological polar surface area (TPSA) is 52.9 Å². The Morgan fingerprint density at radius 3 is 2.94 bits per heavy atom. The van der Waals surface area contributed by atoms with Crippen LogP contribution >= 0.6 is 0 Å². The number of likely N-dealkylation sites (tertiary alicyclic amines) is 1. The van der Waals surface area contributed by atoms with E-state index in [2.05, 4.69) is 11.9 Å². The number of rotatable bonds is 3. The van der Waals surface area contributed by atoms with E-state index in [1.54, 1.807) is 13.2 Å². The van der Waals surface area contributed by atoms with Crippen LogP contribution < -0.4 is 4.74 Å². The first kappa shape index (κ1) is 13.2. The van der Waals surface area contributed by atoms with Gasteiger partial charge in [-0.05, 0) is 37.6 Å². The van der Waals surface area contributed by atoms with Crippen molar-refractivity contribution in [3.8, 4) is 11.5 Å². The molecule has 2 N–H and O–H groups in total. The highest BCUT2D eigenvalue weighted by molar-refractivity contribution is 5.41. The van der Waals surface area contributed by atoms with Crippen molar-refractivity contribution in [2.45, 2.75) is 18.9 Å². The molecular weight excluding hydrogens is 230 g/mol. The second-order valence-electron chi connectivity index (χ2n) is 5.09. The van der Waals surface area contributed by atoms with E-state index >= 15 is 0 Å². The van der Waals surface area contributed by atoms with Crippen LogP contribution in [0.5, 0.6) is 11.5 Å². The Kier molecular flexibility index (Phi) is 4.09. The molecule has 2 unspecified atom stereocenters. The SMILES string of the molecule is COc1cc(CC2CN(C)CCC2O)ccc1O. The number of aliphatic hydroxyl groups excluding tert-OH is 1. The van der Waals surface area contributed by atoms with E-state index in [4.69, 9.17) is 4.74 Å². The molecule has 0 saturated carbocycles. The second kappa shape index (κ2) is 5.59. The number of phenols is 1. The molecule has 1 heterocycles. The van der Waals surface area contributed by atoms with Crippen molar-refractivity contribution in [2.75, 3.05) is 27.2 Å². The van der Waals surface area contributed by atoms with Crippen molar-refractivity contribution >= 4 is 0 Å². The van der Waals surface area contributed by atoms with Gasteiger partial charge in [-0.1, -0.05) is 6.07 Å². The summed E-state index contributed by atoms with van der Waals surface area (Å²) in [5.41, 5.74) is 1.09. The summed E-state index contributed by atoms with van der Waals surface area (Å²) in [6, 6.07) is 5.38. The number of aromatic hydroxyl groups is 1. The van der Waals surface area contributed by atoms with E-state index in [-0.39, 0.29) is 17.8 Å². The molecule has 18 heavy (non-hydrogen) atoms. The van der Waals surface area contributed by atoms with E-state index in [9.17, 15) is 10.2 Å². The molecule has 1 saturated heterocycles. The summed E-state index contributed by atoms with van der Waals surface area (Å²) in [5.74, 6) is 0.895. The molecule has 0 aromatic heterocycles. The van der Waals surface area contributed by atoms with Crippen LogP contribution in [0.3, 0.4) is 0 Å². The molecule has 1 aliphatic rings. The van der Waals surface area contributed by atoms with Crippen molar-refractivity contribution in [3.63, 3.8) is 0 Å². The smallest absolute Gasteiger partial charge is 0.160 e. The van der Waals surface area contributed by atoms with Gasteiger partial charge in [0.25, 0.3) is 0 Å². The lowest BCUT2D eigenvalue weighted by Gasteiger charge is -2.34. The average molecular weight is 251 g/mol. The normalized spacial score (nSPS) is 25.1. The minimum Gasteiger partial charge on any atom is -0.504 e. The van der Waals surface area contributed by atoms with Crippen molar-refractivity contribution in [3.05, 3.63) is 23.8 Å². The first-order valence-corrected chi connectivity index (χ1v) is 6.32. The molecule has 4 nitrogen and oxygen atoms in total. The first-order valence-electron chi connectivity index (χ1n) is 6.32. The summed E-state index contributed by atoms with van der Waals surface area (Å²) < 4.78 is 5.10. The van der Waals surface area contributed by atoms with Crippen LogP contribution in [0.2, 0.25) is 0 Å². The maximum Gasteiger partial charge on any atom is 0.160 e. The summed E-state index contributed by atoms with van der Waals surface area (Å²) in [7, 11) is 3.62. The van der Waals surface area contributed by atoms with Crippen LogP contribution in [-0.2, 0) is 6.42 Å². The lowest BCUT2D eigenvalue weighted by molar-refractivity contribution is 0.0366. The molecule has 0 spiro atoms. The van der Waals surface area contributed by atoms with E-state index in [0.717, 1.165) is 31.5 Å². The third-order valence-corrected chi connectivity index (χ3v) is 3.64. The standard InChI is InChI=1S/C14H21NO3/c1-15-6-5-12(16)11(9-15)7-10-3-4-13(17)14(8-10)18-2/h3-4,8,11-12,16-17H,5-7,9H2,1-2H3. The van der Waals surface area contributed by atoms with Gasteiger partial charge in [0.2, 0.25) is 0 Å². The number of nitrogens with zero attached hydrogens (tertiary/aromatic N) is 1. The minimum atomic E-state index is -0.235. The molecule has 1 fully saturated rings. The van der Waals surface area contributed by atoms with Gasteiger partial charge in [-0.2, -0.15) is 0 Å². The number of ether oxygens (including phenoxy) is 1. The molecule has 2 atom stereocenters. The summed E-state index contributed by atoms with van der Waals surface area (Å²) in [6.45, 7) is 1.86. The summed E-state index contributed by atoms with van der Waals surface area (Å²) in [4.78, 5) is 2.25. The molecule has 1 aromatic rings. The van der Waals surface area contributed by atoms with Crippen LogP contribution in [0.4, 0.5) is 0 Å². The highest BCUT2D eigenvalue weighted by Crippen LogP contribution is 2.28. The van der Waals surface area contributed by atoms with Gasteiger partial charge in [0, 0.05) is 19.0 Å². The molecule has 1 aliphatic heterocycles. The van der Waals surface area contributed by atoms with Crippen LogP contribution in [0, 0.1) is 5.92 Å². The predicted octanol–water partition coefficient (Wildman–Crippen LogP) is 1.26. The lowest BCUT2D eigenvalue weighted by Crippen LogP contribution is -2.41. The molecule has 1 aromatic carbocycles. The van der Waals surface area contributed by atoms with Crippen molar-refractivity contribution < 1.29 is 14.9 Å². The molecule has 0 bridgehead atoms. The van der Waals surface area contributed by atoms with Gasteiger partial charge in [0.15, 0.2) is 11.5 Å². The number of hydrogen-bond donors (Lipinski definition) is 2. The molecular formula is C14H21NO3. The van der Waals surface area contributed by atoms with E-state index in [1.165, 1.54) is 0 Å². The summed E-state index contributed by atoms with van der Waals surface area (Å²) in [5, 5.41) is 19.6. The number of phenolic OH excluding ortho intramolecular Hbond substituents is 1. The minimum absolute atomic E-state index is 0.155. The Hall–Kier alpha value is -1.26. The Morgan fingerprint density at radius 2 is 2.22 bits per heavy atom. The first-order chi connectivity index (χ1) is 8.60. The zero-order valence-corrected chi connectivity index (χ0v) is 11.0. The number of hydrogen-bond acceptors (Lipinski definition) is 4. The van der Waals surface area contributed by atoms with Gasteiger partial charge < -0.3 is 19.8 Å². The number of piperidine rings is 1. The lowest BCUT2D eigenvalue weighted by atomic mass is 9.89. The van der Waals surface area contributed by atoms with E-state index in [1.807, 2.05) is 12.1 Å². The molecule has 0 amide bonds. The van der Waals surface area contributed by atoms with Gasteiger partial charge in [0.1, 0.15) is 0 Å². The third kappa shape index (κ3) is 2.94. The van der Waals surface area contributed by atoms with Crippen LogP contribution in [0.1, 0.15) is 12.0 Å². The van der Waals surface area contributed by atoms with E-state index in [0.29, 0.717) is 5.75 Å². The maximum absolute atomic E-state index is 10.0. The number of benzene rings is 1. The largest absolute Gasteiger partial charge is 0.504 e. The van der Waals surface area contributed by atoms with Gasteiger partial charge in [-0.15, -0.1) is 0 Å². The van der Waals surface area contributed by atoms with Gasteiger partial charge in [-0.25, -0.2) is 0 Å². The van der Waals surface area contributed by atoms with Crippen molar-refractivity contribution in [1.29, 1.82) is 0 Å². The fraction of sp³-hybridized carbons (Fsp3) is 0.571. The second-order valence-corrected chi connectivity index (χ2v) is 5.09. The zero-order chi connectivity index (χ0) is 13.1. The average Bonchev–Trinajstić information content (AvgIpc) is 2.36. The zero-order valence-electron chi connectivity index (χ0n) is 11.0. The Bertz CT molecular complexity index is 408. The quantitative estimate of drug-likeness (QED) is 0.849. The van der Waals surface area contributed by atoms with Crippen LogP contribution in [0.15, 0.2) is 18.2 Å². The number of methoxy groups -OCH3 is 1. The van der Waals surface area contributed by atoms with Crippen molar-refractivity contribution in [1.82, 2.24) is 4.90 Å². The molecule has 4 heteroatoms. The van der Waals surface area contributed by atoms with Gasteiger partial charge >= 0.3 is 0 Å². The fourth-order valence-corrected chi connectivity index (χ4v) is 2.55. The highest BCUT2D eigenvalue weighted by Gasteiger charge is 2.26. The fourth-order valence-electron chi connectivity index (χ4n) is 2.55. The van der Waals surface area contributed by atoms with Crippen LogP contribution in [0.25, 0.3) is 0 Å². The molecule has 0 aliphatic carbocycles. The summed E-state index contributed by atoms with van der Waals surface area (Å²) >= 11 is 0. The Labute approximate surface area is 108 Å². The number of aliphatic hydroxyl groups is 1. The maximum atomic E-state index is 10.0. The third-order valence-electron chi connectivity index (χ3n) is 3.64. The van der Waals surface area contributed by atoms with Crippen molar-refractivity contribution in [2.24, 2.45) is 5.92 Å². The Morgan fingerprint density at radius 1 is 1.44 bits per heavy atom. The predicted molar refractivity (Wildman–Crippen MR) is 70.0 cm³/mol. The molecule has 0 radical (unpaired) electrons. The van der Waals surface area contributed by atoms with Crippen LogP contribution in [-0.4, -0.2) is 48.5 Å². The monoisotopic (exact) mass is 251 g/mol. The highest BCUT2D eigenvalue weighted by atomic mass is 16.5. The van der Waals surface area contributed by atoms with Gasteiger partial charge in [0.05, 0.1) is 13.2 Å². The Balaban J connectivity index is 2.08. The molecule has 100 valence electrons. The molecule has 2 rings (SSSR count).